The SMILES string of the molecule is Cc1ccc(COCCNC(P)C(NS(=O)(=O)c2ccccc2C(F)(F)F)c2ccccc2)cc1. The van der Waals surface area contributed by atoms with Crippen LogP contribution < -0.4 is 10.0 Å². The Bertz CT molecular complexity index is 1190. The van der Waals surface area contributed by atoms with Gasteiger partial charge in [-0.3, -0.25) is 0 Å². The summed E-state index contributed by atoms with van der Waals surface area (Å²) >= 11 is 0. The zero-order valence-corrected chi connectivity index (χ0v) is 21.1. The van der Waals surface area contributed by atoms with Crippen molar-refractivity contribution >= 4 is 19.3 Å². The summed E-state index contributed by atoms with van der Waals surface area (Å²) < 4.78 is 74.7. The van der Waals surface area contributed by atoms with Crippen LogP contribution in [0.2, 0.25) is 0 Å². The van der Waals surface area contributed by atoms with E-state index < -0.39 is 38.5 Å². The first-order valence-corrected chi connectivity index (χ1v) is 13.1. The summed E-state index contributed by atoms with van der Waals surface area (Å²) in [5, 5.41) is 3.18. The summed E-state index contributed by atoms with van der Waals surface area (Å²) in [4.78, 5) is -0.813. The van der Waals surface area contributed by atoms with E-state index in [0.29, 0.717) is 25.3 Å². The summed E-state index contributed by atoms with van der Waals surface area (Å²) in [6.45, 7) is 3.22. The van der Waals surface area contributed by atoms with Crippen LogP contribution in [-0.4, -0.2) is 27.4 Å². The van der Waals surface area contributed by atoms with Gasteiger partial charge in [0.15, 0.2) is 0 Å². The van der Waals surface area contributed by atoms with Crippen molar-refractivity contribution < 1.29 is 26.3 Å². The molecule has 0 saturated heterocycles. The monoisotopic (exact) mass is 524 g/mol. The molecule has 0 amide bonds. The van der Waals surface area contributed by atoms with Gasteiger partial charge in [0, 0.05) is 12.3 Å². The van der Waals surface area contributed by atoms with Gasteiger partial charge in [-0.15, -0.1) is 9.24 Å². The lowest BCUT2D eigenvalue weighted by Gasteiger charge is -2.27. The molecule has 3 rings (SSSR count). The smallest absolute Gasteiger partial charge is 0.375 e. The van der Waals surface area contributed by atoms with Gasteiger partial charge in [-0.25, -0.2) is 13.1 Å². The molecule has 0 aromatic heterocycles. The van der Waals surface area contributed by atoms with Crippen LogP contribution in [0.25, 0.3) is 0 Å². The van der Waals surface area contributed by atoms with E-state index in [1.54, 1.807) is 30.3 Å². The Morgan fingerprint density at radius 2 is 1.57 bits per heavy atom. The van der Waals surface area contributed by atoms with E-state index in [1.807, 2.05) is 31.2 Å². The van der Waals surface area contributed by atoms with Gasteiger partial charge < -0.3 is 10.1 Å². The number of sulfonamides is 1. The highest BCUT2D eigenvalue weighted by Gasteiger charge is 2.38. The van der Waals surface area contributed by atoms with Gasteiger partial charge >= 0.3 is 6.18 Å². The van der Waals surface area contributed by atoms with E-state index in [-0.39, 0.29) is 0 Å². The first-order valence-electron chi connectivity index (χ1n) is 10.9. The minimum Gasteiger partial charge on any atom is -0.375 e. The zero-order chi connectivity index (χ0) is 25.5. The maximum atomic E-state index is 13.5. The van der Waals surface area contributed by atoms with Crippen LogP contribution in [-0.2, 0) is 27.5 Å². The Kier molecular flexibility index (Phi) is 9.44. The van der Waals surface area contributed by atoms with Gasteiger partial charge in [-0.2, -0.15) is 13.2 Å². The summed E-state index contributed by atoms with van der Waals surface area (Å²) in [6.07, 6.45) is -4.80. The van der Waals surface area contributed by atoms with Gasteiger partial charge in [0.05, 0.1) is 29.7 Å². The highest BCUT2D eigenvalue weighted by atomic mass is 32.2. The van der Waals surface area contributed by atoms with Gasteiger partial charge in [0.25, 0.3) is 0 Å². The average Bonchev–Trinajstić information content (AvgIpc) is 2.83. The molecule has 0 saturated carbocycles. The van der Waals surface area contributed by atoms with Crippen LogP contribution in [0.15, 0.2) is 83.8 Å². The summed E-state index contributed by atoms with van der Waals surface area (Å²) in [6, 6.07) is 20.0. The first kappa shape index (κ1) is 27.3. The van der Waals surface area contributed by atoms with E-state index in [2.05, 4.69) is 19.3 Å². The third kappa shape index (κ3) is 7.85. The zero-order valence-electron chi connectivity index (χ0n) is 19.1. The highest BCUT2D eigenvalue weighted by molar-refractivity contribution is 7.89. The number of ether oxygens (including phenoxy) is 1. The lowest BCUT2D eigenvalue weighted by atomic mass is 10.1. The van der Waals surface area contributed by atoms with E-state index in [9.17, 15) is 21.6 Å². The van der Waals surface area contributed by atoms with Crippen LogP contribution in [0.5, 0.6) is 0 Å². The van der Waals surface area contributed by atoms with Crippen molar-refractivity contribution in [2.75, 3.05) is 13.2 Å². The molecule has 0 bridgehead atoms. The number of rotatable bonds is 11. The van der Waals surface area contributed by atoms with Crippen molar-refractivity contribution in [1.29, 1.82) is 0 Å². The van der Waals surface area contributed by atoms with E-state index in [0.717, 1.165) is 29.3 Å². The summed E-state index contributed by atoms with van der Waals surface area (Å²) in [5.74, 6) is -0.520. The summed E-state index contributed by atoms with van der Waals surface area (Å²) in [7, 11) is -1.98. The molecule has 0 fully saturated rings. The number of nitrogens with one attached hydrogen (secondary N) is 2. The van der Waals surface area contributed by atoms with Gasteiger partial charge in [0.1, 0.15) is 0 Å². The van der Waals surface area contributed by atoms with Gasteiger partial charge in [-0.05, 0) is 30.2 Å². The molecule has 2 N–H and O–H groups in total. The highest BCUT2D eigenvalue weighted by Crippen LogP contribution is 2.35. The maximum absolute atomic E-state index is 13.5. The molecule has 188 valence electrons. The molecule has 0 heterocycles. The average molecular weight is 525 g/mol. The quantitative estimate of drug-likeness (QED) is 0.273. The number of halogens is 3. The molecule has 0 aliphatic carbocycles. The van der Waals surface area contributed by atoms with E-state index >= 15 is 0 Å². The molecule has 35 heavy (non-hydrogen) atoms. The molecule has 3 aromatic carbocycles. The van der Waals surface area contributed by atoms with Crippen molar-refractivity contribution in [3.63, 3.8) is 0 Å². The minimum atomic E-state index is -4.80. The number of aryl methyl sites for hydroxylation is 1. The number of benzene rings is 3. The summed E-state index contributed by atoms with van der Waals surface area (Å²) in [5.41, 5.74) is 1.59. The molecule has 0 spiro atoms. The van der Waals surface area contributed by atoms with Gasteiger partial charge in [-0.1, -0.05) is 72.3 Å². The Balaban J connectivity index is 1.70. The third-order valence-corrected chi connectivity index (χ3v) is 7.42. The van der Waals surface area contributed by atoms with E-state index in [4.69, 9.17) is 4.74 Å². The molecule has 0 aliphatic heterocycles. The Hall–Kier alpha value is -2.29. The van der Waals surface area contributed by atoms with Crippen molar-refractivity contribution in [3.05, 3.63) is 101 Å². The molecule has 0 radical (unpaired) electrons. The second-order valence-corrected chi connectivity index (χ2v) is 10.4. The molecule has 10 heteroatoms. The number of hydrogen-bond acceptors (Lipinski definition) is 4. The second-order valence-electron chi connectivity index (χ2n) is 8.02. The molecular weight excluding hydrogens is 496 g/mol. The lowest BCUT2D eigenvalue weighted by molar-refractivity contribution is -0.139. The Morgan fingerprint density at radius 3 is 2.23 bits per heavy atom. The van der Waals surface area contributed by atoms with Crippen LogP contribution in [0, 0.1) is 6.92 Å². The van der Waals surface area contributed by atoms with Crippen LogP contribution in [0.4, 0.5) is 13.2 Å². The van der Waals surface area contributed by atoms with Crippen molar-refractivity contribution in [1.82, 2.24) is 10.0 Å². The van der Waals surface area contributed by atoms with Crippen LogP contribution in [0.1, 0.15) is 28.3 Å². The topological polar surface area (TPSA) is 67.4 Å². The van der Waals surface area contributed by atoms with Crippen LogP contribution >= 0.6 is 9.24 Å². The van der Waals surface area contributed by atoms with E-state index in [1.165, 1.54) is 6.07 Å². The fourth-order valence-corrected chi connectivity index (χ4v) is 5.56. The Morgan fingerprint density at radius 1 is 0.943 bits per heavy atom. The minimum absolute atomic E-state index is 0.365. The lowest BCUT2D eigenvalue weighted by Crippen LogP contribution is -2.42. The van der Waals surface area contributed by atoms with Crippen molar-refractivity contribution in [2.45, 2.75) is 36.4 Å². The molecule has 5 nitrogen and oxygen atoms in total. The molecule has 0 aliphatic rings. The van der Waals surface area contributed by atoms with Crippen LogP contribution in [0.3, 0.4) is 0 Å². The Labute approximate surface area is 206 Å². The molecular formula is C25H28F3N2O3PS. The fraction of sp³-hybridized carbons (Fsp3) is 0.280. The maximum Gasteiger partial charge on any atom is 0.417 e. The predicted octanol–water partition coefficient (Wildman–Crippen LogP) is 5.04. The standard InChI is InChI=1S/C25H28F3N2O3PS/c1-18-11-13-19(14-12-18)17-33-16-15-29-24(34)23(20-7-3-2-4-8-20)30-35(31,32)22-10-6-5-9-21(22)25(26,27)28/h2-14,23-24,29-30H,15-17,34H2,1H3. The largest absolute Gasteiger partial charge is 0.417 e. The van der Waals surface area contributed by atoms with Crippen molar-refractivity contribution in [3.8, 4) is 0 Å². The van der Waals surface area contributed by atoms with Gasteiger partial charge in [0.2, 0.25) is 10.0 Å². The third-order valence-electron chi connectivity index (χ3n) is 5.30. The van der Waals surface area contributed by atoms with Crippen molar-refractivity contribution in [2.24, 2.45) is 0 Å². The first-order chi connectivity index (χ1) is 16.6. The second kappa shape index (κ2) is 12.1. The number of alkyl halides is 3. The predicted molar refractivity (Wildman–Crippen MR) is 133 cm³/mol. The number of hydrogen-bond donors (Lipinski definition) is 2. The normalized spacial score (nSPS) is 14.0. The fourth-order valence-electron chi connectivity index (χ4n) is 3.46. The molecule has 3 atom stereocenters. The molecule has 3 unspecified atom stereocenters. The molecule has 3 aromatic rings.